The normalized spacial score (nSPS) is 27.2. The first kappa shape index (κ1) is 22.2. The van der Waals surface area contributed by atoms with E-state index in [-0.39, 0.29) is 25.0 Å². The highest BCUT2D eigenvalue weighted by atomic mass is 35.5. The van der Waals surface area contributed by atoms with Crippen LogP contribution in [0.2, 0.25) is 15.1 Å². The third kappa shape index (κ3) is 3.79. The molecule has 2 saturated heterocycles. The summed E-state index contributed by atoms with van der Waals surface area (Å²) < 4.78 is 11.3. The van der Waals surface area contributed by atoms with Gasteiger partial charge in [-0.15, -0.1) is 0 Å². The minimum absolute atomic E-state index is 0.0260. The molecule has 4 atom stereocenters. The van der Waals surface area contributed by atoms with E-state index in [1.54, 1.807) is 54.6 Å². The molecule has 2 bridgehead atoms. The Morgan fingerprint density at radius 1 is 1.06 bits per heavy atom. The van der Waals surface area contributed by atoms with Gasteiger partial charge in [0, 0.05) is 20.6 Å². The summed E-state index contributed by atoms with van der Waals surface area (Å²) in [5.74, 6) is -2.10. The highest BCUT2D eigenvalue weighted by Gasteiger charge is 2.67. The molecule has 1 N–H and O–H groups in total. The number of alkyl carbamates (subject to hydrolysis) is 1. The predicted octanol–water partition coefficient (Wildman–Crippen LogP) is 4.39. The van der Waals surface area contributed by atoms with Crippen LogP contribution >= 0.6 is 34.8 Å². The Balaban J connectivity index is 1.27. The van der Waals surface area contributed by atoms with Crippen molar-refractivity contribution in [3.8, 4) is 0 Å². The molecule has 3 heterocycles. The molecule has 3 aliphatic heterocycles. The average molecular weight is 508 g/mol. The second-order valence-electron chi connectivity index (χ2n) is 8.05. The maximum absolute atomic E-state index is 13.3. The third-order valence-corrected chi connectivity index (χ3v) is 6.96. The topological polar surface area (TPSA) is 84.9 Å². The van der Waals surface area contributed by atoms with Crippen LogP contribution in [0, 0.1) is 11.8 Å². The van der Waals surface area contributed by atoms with Crippen LogP contribution in [0.4, 0.5) is 10.5 Å². The lowest BCUT2D eigenvalue weighted by molar-refractivity contribution is -0.126. The molecule has 2 fully saturated rings. The molecule has 0 saturated carbocycles. The largest absolute Gasteiger partial charge is 0.445 e. The molecule has 3 aliphatic rings. The maximum atomic E-state index is 13.3. The molecule has 7 nitrogen and oxygen atoms in total. The lowest BCUT2D eigenvalue weighted by Crippen LogP contribution is -2.49. The number of hydrogen-bond acceptors (Lipinski definition) is 5. The van der Waals surface area contributed by atoms with Gasteiger partial charge in [0.1, 0.15) is 12.2 Å². The van der Waals surface area contributed by atoms with Gasteiger partial charge in [0.05, 0.1) is 30.2 Å². The van der Waals surface area contributed by atoms with Gasteiger partial charge < -0.3 is 14.8 Å². The van der Waals surface area contributed by atoms with E-state index in [9.17, 15) is 14.4 Å². The molecule has 0 aromatic heterocycles. The Kier molecular flexibility index (Phi) is 5.61. The monoisotopic (exact) mass is 506 g/mol. The van der Waals surface area contributed by atoms with Gasteiger partial charge in [0.15, 0.2) is 0 Å². The lowest BCUT2D eigenvalue weighted by atomic mass is 9.77. The molecule has 0 unspecified atom stereocenters. The van der Waals surface area contributed by atoms with Crippen molar-refractivity contribution in [1.82, 2.24) is 5.32 Å². The van der Waals surface area contributed by atoms with E-state index in [2.05, 4.69) is 5.32 Å². The number of imide groups is 1. The number of ether oxygens (including phenoxy) is 2. The van der Waals surface area contributed by atoms with E-state index in [1.165, 1.54) is 4.90 Å². The Bertz CT molecular complexity index is 1190. The second-order valence-corrected chi connectivity index (χ2v) is 9.33. The summed E-state index contributed by atoms with van der Waals surface area (Å²) in [6.07, 6.45) is 2.27. The van der Waals surface area contributed by atoms with Gasteiger partial charge in [-0.25, -0.2) is 9.69 Å². The SMILES string of the molecule is O=C(NC[C@@]12C=C[C@@H](O1)[C@H]1C(=O)N(c3ccc(Cl)cc3)C(=O)[C@H]12)OCc1ccc(Cl)cc1Cl. The summed E-state index contributed by atoms with van der Waals surface area (Å²) in [5, 5.41) is 4.01. The predicted molar refractivity (Wildman–Crippen MR) is 122 cm³/mol. The van der Waals surface area contributed by atoms with Gasteiger partial charge in [-0.2, -0.15) is 0 Å². The van der Waals surface area contributed by atoms with Crippen LogP contribution < -0.4 is 10.2 Å². The van der Waals surface area contributed by atoms with Crippen molar-refractivity contribution in [2.75, 3.05) is 11.4 Å². The summed E-state index contributed by atoms with van der Waals surface area (Å²) >= 11 is 17.9. The van der Waals surface area contributed by atoms with Crippen molar-refractivity contribution in [1.29, 1.82) is 0 Å². The zero-order valence-electron chi connectivity index (χ0n) is 17.0. The Morgan fingerprint density at radius 3 is 2.52 bits per heavy atom. The number of amides is 3. The van der Waals surface area contributed by atoms with Crippen LogP contribution in [0.15, 0.2) is 54.6 Å². The third-order valence-electron chi connectivity index (χ3n) is 6.12. The molecule has 0 radical (unpaired) electrons. The Hall–Kier alpha value is -2.58. The molecular weight excluding hydrogens is 491 g/mol. The molecular formula is C23H17Cl3N2O5. The minimum Gasteiger partial charge on any atom is -0.445 e. The lowest BCUT2D eigenvalue weighted by Gasteiger charge is -2.28. The van der Waals surface area contributed by atoms with Crippen LogP contribution in [-0.4, -0.2) is 36.2 Å². The van der Waals surface area contributed by atoms with Crippen LogP contribution in [-0.2, 0) is 25.7 Å². The van der Waals surface area contributed by atoms with Gasteiger partial charge in [-0.1, -0.05) is 53.0 Å². The van der Waals surface area contributed by atoms with Crippen LogP contribution in [0.1, 0.15) is 5.56 Å². The number of carbonyl (C=O) groups is 3. The fourth-order valence-electron chi connectivity index (χ4n) is 4.59. The van der Waals surface area contributed by atoms with Crippen molar-refractivity contribution in [2.45, 2.75) is 18.3 Å². The number of carbonyl (C=O) groups excluding carboxylic acids is 3. The van der Waals surface area contributed by atoms with Crippen molar-refractivity contribution in [2.24, 2.45) is 11.8 Å². The zero-order valence-corrected chi connectivity index (χ0v) is 19.2. The summed E-state index contributed by atoms with van der Waals surface area (Å²) in [6.45, 7) is -0.0796. The van der Waals surface area contributed by atoms with E-state index in [1.807, 2.05) is 0 Å². The molecule has 0 spiro atoms. The molecule has 2 aromatic carbocycles. The molecule has 33 heavy (non-hydrogen) atoms. The van der Waals surface area contributed by atoms with E-state index in [4.69, 9.17) is 44.3 Å². The fourth-order valence-corrected chi connectivity index (χ4v) is 5.18. The zero-order chi connectivity index (χ0) is 23.3. The summed E-state index contributed by atoms with van der Waals surface area (Å²) in [7, 11) is 0. The number of nitrogens with zero attached hydrogens (tertiary/aromatic N) is 1. The second kappa shape index (κ2) is 8.33. The Morgan fingerprint density at radius 2 is 1.79 bits per heavy atom. The van der Waals surface area contributed by atoms with Crippen molar-refractivity contribution < 1.29 is 23.9 Å². The summed E-state index contributed by atoms with van der Waals surface area (Å²) in [6, 6.07) is 11.4. The smallest absolute Gasteiger partial charge is 0.407 e. The van der Waals surface area contributed by atoms with Gasteiger partial charge in [-0.3, -0.25) is 9.59 Å². The average Bonchev–Trinajstić information content (AvgIpc) is 3.43. The van der Waals surface area contributed by atoms with Crippen LogP contribution in [0.5, 0.6) is 0 Å². The summed E-state index contributed by atoms with van der Waals surface area (Å²) in [5.41, 5.74) is -0.0756. The van der Waals surface area contributed by atoms with Crippen molar-refractivity contribution in [3.05, 3.63) is 75.2 Å². The first-order valence-corrected chi connectivity index (χ1v) is 11.3. The van der Waals surface area contributed by atoms with Crippen LogP contribution in [0.3, 0.4) is 0 Å². The van der Waals surface area contributed by atoms with E-state index < -0.39 is 29.6 Å². The number of halogens is 3. The molecule has 0 aliphatic carbocycles. The van der Waals surface area contributed by atoms with E-state index in [0.717, 1.165) is 0 Å². The first-order valence-electron chi connectivity index (χ1n) is 10.1. The molecule has 3 amide bonds. The Labute approximate surface area is 204 Å². The maximum Gasteiger partial charge on any atom is 0.407 e. The van der Waals surface area contributed by atoms with Crippen molar-refractivity contribution >= 4 is 58.4 Å². The molecule has 2 aromatic rings. The highest BCUT2D eigenvalue weighted by Crippen LogP contribution is 2.52. The van der Waals surface area contributed by atoms with E-state index >= 15 is 0 Å². The standard InChI is InChI=1S/C23H17Cl3N2O5/c24-13-3-5-15(6-4-13)28-20(29)18-17-7-8-23(33-17,19(18)21(28)30)11-27-22(31)32-10-12-1-2-14(25)9-16(12)26/h1-9,17-19H,10-11H2,(H,27,31)/t17-,18-,19+,23-/m1/s1. The fraction of sp³-hybridized carbons (Fsp3) is 0.261. The number of nitrogens with one attached hydrogen (secondary N) is 1. The first-order chi connectivity index (χ1) is 15.8. The van der Waals surface area contributed by atoms with Crippen LogP contribution in [0.25, 0.3) is 0 Å². The van der Waals surface area contributed by atoms with E-state index in [0.29, 0.717) is 26.3 Å². The molecule has 5 rings (SSSR count). The number of benzene rings is 2. The van der Waals surface area contributed by atoms with Gasteiger partial charge in [-0.05, 0) is 36.4 Å². The highest BCUT2D eigenvalue weighted by molar-refractivity contribution is 6.35. The quantitative estimate of drug-likeness (QED) is 0.479. The van der Waals surface area contributed by atoms with Gasteiger partial charge >= 0.3 is 6.09 Å². The summed E-state index contributed by atoms with van der Waals surface area (Å²) in [4.78, 5) is 39.9. The van der Waals surface area contributed by atoms with Gasteiger partial charge in [0.2, 0.25) is 11.8 Å². The van der Waals surface area contributed by atoms with Gasteiger partial charge in [0.25, 0.3) is 0 Å². The molecule has 10 heteroatoms. The molecule has 170 valence electrons. The number of hydrogen-bond donors (Lipinski definition) is 1. The van der Waals surface area contributed by atoms with Crippen molar-refractivity contribution in [3.63, 3.8) is 0 Å². The number of fused-ring (bicyclic) bond motifs is 5. The number of anilines is 1. The number of rotatable bonds is 5. The minimum atomic E-state index is -1.12.